The Morgan fingerprint density at radius 3 is 2.69 bits per heavy atom. The molecule has 1 rings (SSSR count). The third kappa shape index (κ3) is 2.27. The number of carbonyl (C=O) groups excluding carboxylic acids is 1. The zero-order valence-corrected chi connectivity index (χ0v) is 8.95. The Morgan fingerprint density at radius 1 is 1.62 bits per heavy atom. The van der Waals surface area contributed by atoms with Crippen LogP contribution in [0.5, 0.6) is 0 Å². The van der Waals surface area contributed by atoms with Gasteiger partial charge < -0.3 is 4.74 Å². The summed E-state index contributed by atoms with van der Waals surface area (Å²) in [5.41, 5.74) is -1.07. The van der Waals surface area contributed by atoms with Gasteiger partial charge in [-0.25, -0.2) is 4.79 Å². The number of methoxy groups -OCH3 is 1. The Labute approximate surface area is 94.9 Å². The summed E-state index contributed by atoms with van der Waals surface area (Å²) >= 11 is 5.46. The molecule has 0 bridgehead atoms. The highest BCUT2D eigenvalue weighted by atomic mass is 35.5. The summed E-state index contributed by atoms with van der Waals surface area (Å²) in [6.45, 7) is 0. The summed E-state index contributed by atoms with van der Waals surface area (Å²) in [6, 6.07) is 2.05. The molecule has 0 aliphatic carbocycles. The zero-order chi connectivity index (χ0) is 12.3. The number of alkyl halides is 1. The number of nitro benzene ring substituents is 1. The minimum absolute atomic E-state index is 0.0566. The molecule has 0 aliphatic heterocycles. The van der Waals surface area contributed by atoms with Crippen LogP contribution in [-0.2, 0) is 10.6 Å². The maximum Gasteiger partial charge on any atom is 0.345 e. The van der Waals surface area contributed by atoms with Crippen molar-refractivity contribution in [3.05, 3.63) is 39.2 Å². The molecule has 0 spiro atoms. The Morgan fingerprint density at radius 2 is 2.25 bits per heavy atom. The lowest BCUT2D eigenvalue weighted by atomic mass is 10.1. The van der Waals surface area contributed by atoms with Crippen molar-refractivity contribution in [3.63, 3.8) is 0 Å². The Hall–Kier alpha value is -1.69. The highest BCUT2D eigenvalue weighted by Crippen LogP contribution is 2.25. The van der Waals surface area contributed by atoms with E-state index in [9.17, 15) is 19.3 Å². The van der Waals surface area contributed by atoms with E-state index in [1.54, 1.807) is 0 Å². The Balaban J connectivity index is 3.46. The highest BCUT2D eigenvalue weighted by Gasteiger charge is 2.26. The van der Waals surface area contributed by atoms with Gasteiger partial charge in [-0.2, -0.15) is 4.39 Å². The molecule has 5 nitrogen and oxygen atoms in total. The smallest absolute Gasteiger partial charge is 0.345 e. The molecule has 0 unspecified atom stereocenters. The number of rotatable bonds is 3. The van der Waals surface area contributed by atoms with Gasteiger partial charge in [-0.15, -0.1) is 11.6 Å². The van der Waals surface area contributed by atoms with Gasteiger partial charge in [-0.1, -0.05) is 0 Å². The molecule has 0 amide bonds. The van der Waals surface area contributed by atoms with Crippen molar-refractivity contribution in [3.8, 4) is 0 Å². The lowest BCUT2D eigenvalue weighted by Gasteiger charge is -2.04. The van der Waals surface area contributed by atoms with Crippen LogP contribution in [0, 0.1) is 15.9 Å². The number of halogens is 2. The van der Waals surface area contributed by atoms with E-state index < -0.39 is 28.0 Å². The van der Waals surface area contributed by atoms with Gasteiger partial charge in [0.2, 0.25) is 5.82 Å². The summed E-state index contributed by atoms with van der Waals surface area (Å²) in [5, 5.41) is 10.6. The van der Waals surface area contributed by atoms with E-state index in [1.165, 1.54) is 0 Å². The lowest BCUT2D eigenvalue weighted by molar-refractivity contribution is -0.387. The van der Waals surface area contributed by atoms with Crippen LogP contribution in [-0.4, -0.2) is 18.0 Å². The predicted octanol–water partition coefficient (Wildman–Crippen LogP) is 2.26. The van der Waals surface area contributed by atoms with Crippen molar-refractivity contribution in [1.82, 2.24) is 0 Å². The van der Waals surface area contributed by atoms with Gasteiger partial charge in [-0.05, 0) is 17.7 Å². The fourth-order valence-electron chi connectivity index (χ4n) is 1.18. The number of esters is 1. The van der Waals surface area contributed by atoms with Gasteiger partial charge in [-0.3, -0.25) is 10.1 Å². The maximum absolute atomic E-state index is 13.3. The van der Waals surface area contributed by atoms with Crippen molar-refractivity contribution >= 4 is 23.3 Å². The summed E-state index contributed by atoms with van der Waals surface area (Å²) in [5.74, 6) is -2.14. The number of benzene rings is 1. The number of carbonyl (C=O) groups is 1. The van der Waals surface area contributed by atoms with E-state index in [1.807, 2.05) is 0 Å². The van der Waals surface area contributed by atoms with Crippen LogP contribution in [0.1, 0.15) is 15.9 Å². The second-order valence-corrected chi connectivity index (χ2v) is 3.12. The number of hydrogen-bond acceptors (Lipinski definition) is 4. The summed E-state index contributed by atoms with van der Waals surface area (Å²) in [7, 11) is 1.05. The molecule has 16 heavy (non-hydrogen) atoms. The van der Waals surface area contributed by atoms with E-state index in [4.69, 9.17) is 11.6 Å². The first-order valence-corrected chi connectivity index (χ1v) is 4.65. The second-order valence-electron chi connectivity index (χ2n) is 2.86. The first-order chi connectivity index (χ1) is 7.51. The van der Waals surface area contributed by atoms with Crippen LogP contribution in [0.3, 0.4) is 0 Å². The fraction of sp³-hybridized carbons (Fsp3) is 0.222. The molecular formula is C9H7ClFNO4. The van der Waals surface area contributed by atoms with Gasteiger partial charge in [0.05, 0.1) is 12.0 Å². The molecule has 0 fully saturated rings. The summed E-state index contributed by atoms with van der Waals surface area (Å²) in [6.07, 6.45) is 0. The molecule has 0 aromatic heterocycles. The van der Waals surface area contributed by atoms with E-state index in [0.717, 1.165) is 19.2 Å². The zero-order valence-electron chi connectivity index (χ0n) is 8.20. The summed E-state index contributed by atoms with van der Waals surface area (Å²) < 4.78 is 17.7. The highest BCUT2D eigenvalue weighted by molar-refractivity contribution is 6.17. The molecule has 0 N–H and O–H groups in total. The van der Waals surface area contributed by atoms with Gasteiger partial charge >= 0.3 is 11.7 Å². The van der Waals surface area contributed by atoms with E-state index >= 15 is 0 Å². The largest absolute Gasteiger partial charge is 0.465 e. The second kappa shape index (κ2) is 4.89. The number of ether oxygens (including phenoxy) is 1. The van der Waals surface area contributed by atoms with Gasteiger partial charge in [0.25, 0.3) is 0 Å². The molecule has 0 saturated carbocycles. The number of nitrogens with zero attached hydrogens (tertiary/aromatic N) is 1. The van der Waals surface area contributed by atoms with Crippen molar-refractivity contribution in [2.45, 2.75) is 5.88 Å². The first kappa shape index (κ1) is 12.4. The van der Waals surface area contributed by atoms with Crippen LogP contribution in [0.25, 0.3) is 0 Å². The molecule has 1 aromatic rings. The molecule has 86 valence electrons. The van der Waals surface area contributed by atoms with Crippen LogP contribution in [0.15, 0.2) is 12.1 Å². The molecule has 0 heterocycles. The average Bonchev–Trinajstić information content (AvgIpc) is 2.26. The number of nitro groups is 1. The van der Waals surface area contributed by atoms with Crippen molar-refractivity contribution < 1.29 is 18.8 Å². The average molecular weight is 248 g/mol. The van der Waals surface area contributed by atoms with E-state index in [-0.39, 0.29) is 11.4 Å². The first-order valence-electron chi connectivity index (χ1n) is 4.12. The quantitative estimate of drug-likeness (QED) is 0.356. The van der Waals surface area contributed by atoms with Gasteiger partial charge in [0, 0.05) is 5.88 Å². The molecule has 0 atom stereocenters. The van der Waals surface area contributed by atoms with E-state index in [0.29, 0.717) is 0 Å². The third-order valence-electron chi connectivity index (χ3n) is 1.87. The van der Waals surface area contributed by atoms with Gasteiger partial charge in [0.15, 0.2) is 0 Å². The normalized spacial score (nSPS) is 9.94. The van der Waals surface area contributed by atoms with Crippen molar-refractivity contribution in [1.29, 1.82) is 0 Å². The molecule has 1 aromatic carbocycles. The van der Waals surface area contributed by atoms with Crippen LogP contribution < -0.4 is 0 Å². The van der Waals surface area contributed by atoms with Crippen molar-refractivity contribution in [2.24, 2.45) is 0 Å². The summed E-state index contributed by atoms with van der Waals surface area (Å²) in [4.78, 5) is 20.8. The lowest BCUT2D eigenvalue weighted by Crippen LogP contribution is -2.08. The minimum Gasteiger partial charge on any atom is -0.465 e. The minimum atomic E-state index is -1.11. The van der Waals surface area contributed by atoms with Crippen LogP contribution >= 0.6 is 11.6 Å². The van der Waals surface area contributed by atoms with E-state index in [2.05, 4.69) is 4.74 Å². The fourth-order valence-corrected chi connectivity index (χ4v) is 1.34. The molecule has 0 aliphatic rings. The monoisotopic (exact) mass is 247 g/mol. The molecule has 0 radical (unpaired) electrons. The Bertz CT molecular complexity index is 449. The third-order valence-corrected chi connectivity index (χ3v) is 2.17. The topological polar surface area (TPSA) is 69.4 Å². The molecule has 0 saturated heterocycles. The van der Waals surface area contributed by atoms with Gasteiger partial charge in [0.1, 0.15) is 5.56 Å². The van der Waals surface area contributed by atoms with Crippen molar-refractivity contribution in [2.75, 3.05) is 7.11 Å². The maximum atomic E-state index is 13.3. The van der Waals surface area contributed by atoms with Crippen LogP contribution in [0.2, 0.25) is 0 Å². The van der Waals surface area contributed by atoms with Crippen LogP contribution in [0.4, 0.5) is 10.1 Å². The molecular weight excluding hydrogens is 241 g/mol. The molecule has 7 heteroatoms. The SMILES string of the molecule is COC(=O)c1cc(CCl)cc(F)c1[N+](=O)[O-]. The number of hydrogen-bond donors (Lipinski definition) is 0. The Kier molecular flexibility index (Phi) is 3.78. The standard InChI is InChI=1S/C9H7ClFNO4/c1-16-9(13)6-2-5(4-10)3-7(11)8(6)12(14)15/h2-3H,4H2,1H3. The predicted molar refractivity (Wildman–Crippen MR) is 54.0 cm³/mol.